The van der Waals surface area contributed by atoms with Gasteiger partial charge in [0.2, 0.25) is 0 Å². The highest BCUT2D eigenvalue weighted by Crippen LogP contribution is 2.34. The minimum Gasteiger partial charge on any atom is -0.433 e. The Morgan fingerprint density at radius 2 is 2.05 bits per heavy atom. The fourth-order valence-corrected chi connectivity index (χ4v) is 3.63. The van der Waals surface area contributed by atoms with Gasteiger partial charge in [-0.05, 0) is 41.6 Å². The van der Waals surface area contributed by atoms with Gasteiger partial charge in [0, 0.05) is 12.1 Å². The van der Waals surface area contributed by atoms with Crippen molar-refractivity contribution < 1.29 is 4.74 Å². The van der Waals surface area contributed by atoms with E-state index in [1.807, 2.05) is 10.9 Å². The molecule has 0 spiro atoms. The van der Waals surface area contributed by atoms with Gasteiger partial charge >= 0.3 is 0 Å². The normalized spacial score (nSPS) is 27.0. The number of fused-ring (bicyclic) bond motifs is 2. The number of anilines is 1. The van der Waals surface area contributed by atoms with Gasteiger partial charge in [-0.1, -0.05) is 0 Å². The van der Waals surface area contributed by atoms with E-state index in [1.54, 1.807) is 6.20 Å². The Hall–Kier alpha value is -1.67. The summed E-state index contributed by atoms with van der Waals surface area (Å²) in [6.45, 7) is 0. The molecule has 0 unspecified atom stereocenters. The third-order valence-corrected chi connectivity index (χ3v) is 4.73. The number of piperidine rings is 1. The van der Waals surface area contributed by atoms with Crippen LogP contribution in [0.3, 0.4) is 0 Å². The second kappa shape index (κ2) is 5.51. The second-order valence-electron chi connectivity index (χ2n) is 5.90. The van der Waals surface area contributed by atoms with Gasteiger partial charge in [0.25, 0.3) is 5.88 Å². The monoisotopic (exact) mass is 364 g/mol. The lowest BCUT2D eigenvalue weighted by Crippen LogP contribution is -2.38. The van der Waals surface area contributed by atoms with Crippen molar-refractivity contribution in [3.05, 3.63) is 23.2 Å². The van der Waals surface area contributed by atoms with E-state index in [0.29, 0.717) is 34.4 Å². The first-order chi connectivity index (χ1) is 10.7. The van der Waals surface area contributed by atoms with Gasteiger partial charge in [0.05, 0.1) is 24.6 Å². The second-order valence-corrected chi connectivity index (χ2v) is 6.72. The Bertz CT molecular complexity index is 678. The summed E-state index contributed by atoms with van der Waals surface area (Å²) in [4.78, 5) is 8.19. The van der Waals surface area contributed by atoms with Crippen molar-refractivity contribution in [1.82, 2.24) is 25.1 Å². The van der Waals surface area contributed by atoms with Gasteiger partial charge in [0.15, 0.2) is 11.6 Å². The smallest absolute Gasteiger partial charge is 0.263 e. The van der Waals surface area contributed by atoms with Crippen molar-refractivity contribution in [3.63, 3.8) is 0 Å². The fourth-order valence-electron chi connectivity index (χ4n) is 3.36. The van der Waals surface area contributed by atoms with Crippen molar-refractivity contribution in [3.8, 4) is 11.6 Å². The summed E-state index contributed by atoms with van der Waals surface area (Å²) >= 11 is 3.26. The maximum Gasteiger partial charge on any atom is 0.263 e. The number of nitrogens with two attached hydrogens (primary N) is 1. The molecule has 2 saturated heterocycles. The first-order valence-electron chi connectivity index (χ1n) is 7.43. The standard InChI is InChI=1S/C14H17BrN6O/c15-12-6-17-13(16)14(20-12)22-11-5-18-21(7-11)10-3-8-1-2-9(4-10)19-8/h5-10,19H,1-4H2,(H2,16,17)/t8-,9+,10-. The number of rotatable bonds is 3. The number of ether oxygens (including phenoxy) is 1. The highest BCUT2D eigenvalue weighted by Gasteiger charge is 2.34. The van der Waals surface area contributed by atoms with Gasteiger partial charge in [-0.15, -0.1) is 0 Å². The maximum absolute atomic E-state index is 5.78. The van der Waals surface area contributed by atoms with Crippen LogP contribution in [0.25, 0.3) is 0 Å². The minimum absolute atomic E-state index is 0.260. The molecule has 0 saturated carbocycles. The molecule has 0 aliphatic carbocycles. The van der Waals surface area contributed by atoms with Crippen molar-refractivity contribution in [2.45, 2.75) is 43.8 Å². The summed E-state index contributed by atoms with van der Waals surface area (Å²) in [6, 6.07) is 1.69. The van der Waals surface area contributed by atoms with Gasteiger partial charge in [0.1, 0.15) is 4.60 Å². The van der Waals surface area contributed by atoms with E-state index in [0.717, 1.165) is 12.8 Å². The Kier molecular flexibility index (Phi) is 3.50. The van der Waals surface area contributed by atoms with Gasteiger partial charge in [-0.25, -0.2) is 9.97 Å². The molecule has 116 valence electrons. The van der Waals surface area contributed by atoms with Crippen molar-refractivity contribution in [2.24, 2.45) is 0 Å². The summed E-state index contributed by atoms with van der Waals surface area (Å²) in [7, 11) is 0. The van der Waals surface area contributed by atoms with E-state index in [2.05, 4.69) is 36.3 Å². The number of hydrogen-bond acceptors (Lipinski definition) is 6. The summed E-state index contributed by atoms with van der Waals surface area (Å²) in [5.74, 6) is 1.18. The fraction of sp³-hybridized carbons (Fsp3) is 0.500. The largest absolute Gasteiger partial charge is 0.433 e. The van der Waals surface area contributed by atoms with E-state index in [-0.39, 0.29) is 5.82 Å². The summed E-state index contributed by atoms with van der Waals surface area (Å²) in [5.41, 5.74) is 5.78. The number of nitrogens with one attached hydrogen (secondary N) is 1. The van der Waals surface area contributed by atoms with Crippen molar-refractivity contribution in [1.29, 1.82) is 0 Å². The zero-order valence-electron chi connectivity index (χ0n) is 11.9. The highest BCUT2D eigenvalue weighted by molar-refractivity contribution is 9.10. The Morgan fingerprint density at radius 1 is 1.27 bits per heavy atom. The number of nitrogen functional groups attached to an aromatic ring is 1. The lowest BCUT2D eigenvalue weighted by molar-refractivity contribution is 0.281. The molecular formula is C14H17BrN6O. The van der Waals surface area contributed by atoms with Crippen LogP contribution in [-0.2, 0) is 0 Å². The molecule has 0 radical (unpaired) electrons. The molecule has 2 fully saturated rings. The first-order valence-corrected chi connectivity index (χ1v) is 8.23. The van der Waals surface area contributed by atoms with Crippen LogP contribution in [0.5, 0.6) is 11.6 Å². The van der Waals surface area contributed by atoms with E-state index < -0.39 is 0 Å². The molecule has 2 bridgehead atoms. The minimum atomic E-state index is 0.260. The predicted molar refractivity (Wildman–Crippen MR) is 84.7 cm³/mol. The van der Waals surface area contributed by atoms with Crippen LogP contribution in [-0.4, -0.2) is 31.8 Å². The van der Waals surface area contributed by atoms with Crippen LogP contribution in [0.1, 0.15) is 31.7 Å². The zero-order valence-corrected chi connectivity index (χ0v) is 13.5. The average Bonchev–Trinajstić information content (AvgIpc) is 3.10. The van der Waals surface area contributed by atoms with Gasteiger partial charge in [-0.3, -0.25) is 4.68 Å². The zero-order chi connectivity index (χ0) is 15.1. The summed E-state index contributed by atoms with van der Waals surface area (Å²) < 4.78 is 8.29. The molecule has 8 heteroatoms. The quantitative estimate of drug-likeness (QED) is 0.867. The van der Waals surface area contributed by atoms with Crippen LogP contribution in [0.15, 0.2) is 23.2 Å². The van der Waals surface area contributed by atoms with Crippen LogP contribution >= 0.6 is 15.9 Å². The van der Waals surface area contributed by atoms with Crippen LogP contribution in [0.4, 0.5) is 5.82 Å². The molecule has 2 aromatic heterocycles. The van der Waals surface area contributed by atoms with Gasteiger partial charge < -0.3 is 15.8 Å². The van der Waals surface area contributed by atoms with E-state index in [9.17, 15) is 0 Å². The van der Waals surface area contributed by atoms with E-state index in [1.165, 1.54) is 19.0 Å². The van der Waals surface area contributed by atoms with E-state index >= 15 is 0 Å². The van der Waals surface area contributed by atoms with Crippen LogP contribution in [0, 0.1) is 0 Å². The Balaban J connectivity index is 1.50. The molecule has 2 aliphatic rings. The number of aromatic nitrogens is 4. The molecule has 4 heterocycles. The van der Waals surface area contributed by atoms with Crippen molar-refractivity contribution >= 4 is 21.7 Å². The molecule has 0 aromatic carbocycles. The van der Waals surface area contributed by atoms with Crippen LogP contribution < -0.4 is 15.8 Å². The molecule has 3 N–H and O–H groups in total. The summed E-state index contributed by atoms with van der Waals surface area (Å²) in [5, 5.41) is 8.09. The molecular weight excluding hydrogens is 348 g/mol. The van der Waals surface area contributed by atoms with E-state index in [4.69, 9.17) is 10.5 Å². The van der Waals surface area contributed by atoms with Crippen LogP contribution in [0.2, 0.25) is 0 Å². The number of nitrogens with zero attached hydrogens (tertiary/aromatic N) is 4. The molecule has 0 amide bonds. The molecule has 7 nitrogen and oxygen atoms in total. The molecule has 2 aliphatic heterocycles. The third-order valence-electron chi connectivity index (χ3n) is 4.35. The average molecular weight is 365 g/mol. The predicted octanol–water partition coefficient (Wildman–Crippen LogP) is 2.27. The molecule has 2 aromatic rings. The lowest BCUT2D eigenvalue weighted by atomic mass is 10.0. The SMILES string of the molecule is Nc1ncc(Br)nc1Oc1cnn([C@@H]2C[C@H]3CC[C@@H](C2)N3)c1. The van der Waals surface area contributed by atoms with Gasteiger partial charge in [-0.2, -0.15) is 5.10 Å². The number of hydrogen-bond donors (Lipinski definition) is 2. The topological polar surface area (TPSA) is 90.9 Å². The lowest BCUT2D eigenvalue weighted by Gasteiger charge is -2.29. The Morgan fingerprint density at radius 3 is 2.82 bits per heavy atom. The molecule has 4 rings (SSSR count). The molecule has 22 heavy (non-hydrogen) atoms. The summed E-state index contributed by atoms with van der Waals surface area (Å²) in [6.07, 6.45) is 9.94. The number of halogens is 1. The maximum atomic E-state index is 5.78. The first kappa shape index (κ1) is 14.0. The third kappa shape index (κ3) is 2.68. The Labute approximate surface area is 136 Å². The molecule has 3 atom stereocenters. The van der Waals surface area contributed by atoms with Crippen molar-refractivity contribution in [2.75, 3.05) is 5.73 Å². The highest BCUT2D eigenvalue weighted by atomic mass is 79.9.